The number of benzene rings is 2. The van der Waals surface area contributed by atoms with Gasteiger partial charge in [-0.15, -0.1) is 0 Å². The van der Waals surface area contributed by atoms with Crippen LogP contribution in [0.1, 0.15) is 12.8 Å². The average molecular weight is 288 g/mol. The van der Waals surface area contributed by atoms with E-state index in [9.17, 15) is 4.39 Å². The molecule has 0 aliphatic carbocycles. The quantitative estimate of drug-likeness (QED) is 0.939. The summed E-state index contributed by atoms with van der Waals surface area (Å²) in [5, 5.41) is 2.29. The van der Waals surface area contributed by atoms with Crippen LogP contribution in [0.15, 0.2) is 36.4 Å². The monoisotopic (exact) mass is 288 g/mol. The summed E-state index contributed by atoms with van der Waals surface area (Å²) < 4.78 is 17.5. The molecular weight excluding hydrogens is 267 g/mol. The summed E-state index contributed by atoms with van der Waals surface area (Å²) >= 11 is 0. The van der Waals surface area contributed by atoms with Gasteiger partial charge in [-0.3, -0.25) is 0 Å². The first-order valence-electron chi connectivity index (χ1n) is 7.49. The molecule has 0 unspecified atom stereocenters. The second-order valence-electron chi connectivity index (χ2n) is 5.56. The molecule has 0 radical (unpaired) electrons. The van der Waals surface area contributed by atoms with E-state index in [1.807, 2.05) is 18.2 Å². The third kappa shape index (κ3) is 3.27. The van der Waals surface area contributed by atoms with E-state index in [1.165, 1.54) is 11.1 Å². The number of piperidine rings is 1. The van der Waals surface area contributed by atoms with E-state index in [-0.39, 0.29) is 6.61 Å². The van der Waals surface area contributed by atoms with Crippen LogP contribution in [0.5, 0.6) is 5.75 Å². The number of anilines is 1. The molecule has 0 saturated carbocycles. The fourth-order valence-electron chi connectivity index (χ4n) is 2.81. The van der Waals surface area contributed by atoms with Gasteiger partial charge in [0.15, 0.2) is 0 Å². The van der Waals surface area contributed by atoms with Gasteiger partial charge in [0.05, 0.1) is 0 Å². The highest BCUT2D eigenvalue weighted by molar-refractivity contribution is 5.87. The molecule has 2 N–H and O–H groups in total. The summed E-state index contributed by atoms with van der Waals surface area (Å²) in [6.07, 6.45) is 2.10. The first-order chi connectivity index (χ1) is 10.3. The molecule has 2 aromatic rings. The third-order valence-electron chi connectivity index (χ3n) is 4.05. The number of nitrogens with zero attached hydrogens (tertiary/aromatic N) is 1. The zero-order valence-corrected chi connectivity index (χ0v) is 12.1. The van der Waals surface area contributed by atoms with E-state index in [1.54, 1.807) is 0 Å². The van der Waals surface area contributed by atoms with Gasteiger partial charge in [-0.25, -0.2) is 4.39 Å². The summed E-state index contributed by atoms with van der Waals surface area (Å²) in [5.74, 6) is 0.719. The Hall–Kier alpha value is -1.81. The fourth-order valence-corrected chi connectivity index (χ4v) is 2.81. The first kappa shape index (κ1) is 14.1. The van der Waals surface area contributed by atoms with Gasteiger partial charge < -0.3 is 15.4 Å². The SMILES string of the molecule is NC1CCN(c2ccc3cc(OCCF)ccc3c2)CC1. The molecule has 112 valence electrons. The van der Waals surface area contributed by atoms with Crippen LogP contribution in [0.2, 0.25) is 0 Å². The van der Waals surface area contributed by atoms with Gasteiger partial charge in [-0.05, 0) is 47.9 Å². The molecule has 0 aromatic heterocycles. The van der Waals surface area contributed by atoms with Gasteiger partial charge in [-0.1, -0.05) is 12.1 Å². The number of halogens is 1. The maximum absolute atomic E-state index is 12.1. The fraction of sp³-hybridized carbons (Fsp3) is 0.412. The van der Waals surface area contributed by atoms with Crippen molar-refractivity contribution in [3.8, 4) is 5.75 Å². The number of ether oxygens (including phenoxy) is 1. The molecule has 3 rings (SSSR count). The van der Waals surface area contributed by atoms with Crippen molar-refractivity contribution in [1.29, 1.82) is 0 Å². The van der Waals surface area contributed by atoms with Gasteiger partial charge in [0.2, 0.25) is 0 Å². The Morgan fingerprint density at radius 1 is 1.10 bits per heavy atom. The Morgan fingerprint density at radius 2 is 1.81 bits per heavy atom. The topological polar surface area (TPSA) is 38.5 Å². The number of fused-ring (bicyclic) bond motifs is 1. The van der Waals surface area contributed by atoms with Gasteiger partial charge >= 0.3 is 0 Å². The van der Waals surface area contributed by atoms with Crippen molar-refractivity contribution >= 4 is 16.5 Å². The zero-order valence-electron chi connectivity index (χ0n) is 12.1. The number of hydrogen-bond acceptors (Lipinski definition) is 3. The third-order valence-corrected chi connectivity index (χ3v) is 4.05. The molecule has 2 aromatic carbocycles. The second kappa shape index (κ2) is 6.31. The summed E-state index contributed by atoms with van der Waals surface area (Å²) in [4.78, 5) is 2.39. The molecule has 1 fully saturated rings. The number of alkyl halides is 1. The van der Waals surface area contributed by atoms with Crippen LogP contribution >= 0.6 is 0 Å². The lowest BCUT2D eigenvalue weighted by Crippen LogP contribution is -2.39. The van der Waals surface area contributed by atoms with E-state index < -0.39 is 6.67 Å². The van der Waals surface area contributed by atoms with Crippen molar-refractivity contribution in [2.24, 2.45) is 5.73 Å². The summed E-state index contributed by atoms with van der Waals surface area (Å²) in [7, 11) is 0. The summed E-state index contributed by atoms with van der Waals surface area (Å²) in [6.45, 7) is 1.68. The minimum atomic E-state index is -0.464. The first-order valence-corrected chi connectivity index (χ1v) is 7.49. The van der Waals surface area contributed by atoms with Crippen LogP contribution in [0.3, 0.4) is 0 Å². The minimum absolute atomic E-state index is 0.109. The Balaban J connectivity index is 1.80. The highest BCUT2D eigenvalue weighted by Gasteiger charge is 2.16. The lowest BCUT2D eigenvalue weighted by molar-refractivity contribution is 0.273. The van der Waals surface area contributed by atoms with E-state index in [0.29, 0.717) is 6.04 Å². The van der Waals surface area contributed by atoms with Crippen LogP contribution in [0.25, 0.3) is 10.8 Å². The van der Waals surface area contributed by atoms with E-state index in [2.05, 4.69) is 23.1 Å². The Labute approximate surface area is 124 Å². The average Bonchev–Trinajstić information content (AvgIpc) is 2.53. The minimum Gasteiger partial charge on any atom is -0.491 e. The molecule has 0 atom stereocenters. The normalized spacial score (nSPS) is 16.4. The molecule has 0 bridgehead atoms. The van der Waals surface area contributed by atoms with Crippen molar-refractivity contribution in [2.75, 3.05) is 31.3 Å². The van der Waals surface area contributed by atoms with E-state index in [4.69, 9.17) is 10.5 Å². The molecule has 4 heteroatoms. The molecule has 21 heavy (non-hydrogen) atoms. The smallest absolute Gasteiger partial charge is 0.123 e. The Kier molecular flexibility index (Phi) is 4.25. The van der Waals surface area contributed by atoms with Crippen molar-refractivity contribution in [2.45, 2.75) is 18.9 Å². The van der Waals surface area contributed by atoms with E-state index >= 15 is 0 Å². The van der Waals surface area contributed by atoms with Gasteiger partial charge in [0.25, 0.3) is 0 Å². The largest absolute Gasteiger partial charge is 0.491 e. The molecule has 0 spiro atoms. The maximum Gasteiger partial charge on any atom is 0.123 e. The number of nitrogens with two attached hydrogens (primary N) is 1. The lowest BCUT2D eigenvalue weighted by Gasteiger charge is -2.32. The second-order valence-corrected chi connectivity index (χ2v) is 5.56. The predicted octanol–water partition coefficient (Wildman–Crippen LogP) is 3.12. The lowest BCUT2D eigenvalue weighted by atomic mass is 10.0. The Bertz CT molecular complexity index is 609. The van der Waals surface area contributed by atoms with Crippen molar-refractivity contribution in [1.82, 2.24) is 0 Å². The van der Waals surface area contributed by atoms with Crippen LogP contribution in [-0.2, 0) is 0 Å². The molecular formula is C17H21FN2O. The zero-order chi connectivity index (χ0) is 14.7. The van der Waals surface area contributed by atoms with Crippen LogP contribution in [0.4, 0.5) is 10.1 Å². The highest BCUT2D eigenvalue weighted by atomic mass is 19.1. The van der Waals surface area contributed by atoms with Crippen LogP contribution < -0.4 is 15.4 Å². The number of rotatable bonds is 4. The summed E-state index contributed by atoms with van der Waals surface area (Å²) in [5.41, 5.74) is 7.20. The molecule has 1 saturated heterocycles. The highest BCUT2D eigenvalue weighted by Crippen LogP contribution is 2.27. The standard InChI is InChI=1S/C17H21FN2O/c18-7-10-21-17-4-2-13-11-16(3-1-14(13)12-17)20-8-5-15(19)6-9-20/h1-4,11-12,15H,5-10,19H2. The number of hydrogen-bond donors (Lipinski definition) is 1. The van der Waals surface area contributed by atoms with Crippen molar-refractivity contribution in [3.05, 3.63) is 36.4 Å². The van der Waals surface area contributed by atoms with Gasteiger partial charge in [-0.2, -0.15) is 0 Å². The van der Waals surface area contributed by atoms with Crippen molar-refractivity contribution in [3.63, 3.8) is 0 Å². The van der Waals surface area contributed by atoms with Crippen LogP contribution in [-0.4, -0.2) is 32.4 Å². The molecule has 3 nitrogen and oxygen atoms in total. The summed E-state index contributed by atoms with van der Waals surface area (Å²) in [6, 6.07) is 12.7. The van der Waals surface area contributed by atoms with Gasteiger partial charge in [0.1, 0.15) is 19.0 Å². The predicted molar refractivity (Wildman–Crippen MR) is 84.8 cm³/mol. The maximum atomic E-state index is 12.1. The molecule has 1 aliphatic rings. The van der Waals surface area contributed by atoms with Gasteiger partial charge in [0, 0.05) is 24.8 Å². The van der Waals surface area contributed by atoms with Crippen LogP contribution in [0, 0.1) is 0 Å². The molecule has 1 heterocycles. The van der Waals surface area contributed by atoms with Crippen molar-refractivity contribution < 1.29 is 9.13 Å². The molecule has 0 amide bonds. The van der Waals surface area contributed by atoms with E-state index in [0.717, 1.165) is 37.1 Å². The Morgan fingerprint density at radius 3 is 2.57 bits per heavy atom. The molecule has 1 aliphatic heterocycles.